The maximum Gasteiger partial charge on any atom is 0.123 e. The number of aryl methyl sites for hydroxylation is 2. The molecule has 2 aromatic carbocycles. The van der Waals surface area contributed by atoms with Gasteiger partial charge in [0.15, 0.2) is 0 Å². The first-order valence-electron chi connectivity index (χ1n) is 14.3. The Bertz CT molecular complexity index is 920. The van der Waals surface area contributed by atoms with Gasteiger partial charge in [0.2, 0.25) is 0 Å². The van der Waals surface area contributed by atoms with Crippen LogP contribution >= 0.6 is 0 Å². The minimum atomic E-state index is -0.165. The molecule has 2 N–H and O–H groups in total. The summed E-state index contributed by atoms with van der Waals surface area (Å²) in [7, 11) is 0. The van der Waals surface area contributed by atoms with Gasteiger partial charge in [-0.25, -0.2) is 0 Å². The normalized spacial score (nSPS) is 12.8. The lowest BCUT2D eigenvalue weighted by Crippen LogP contribution is -2.17. The first kappa shape index (κ1) is 30.3. The van der Waals surface area contributed by atoms with E-state index in [1.807, 2.05) is 0 Å². The molecule has 0 fully saturated rings. The molecule has 2 rings (SSSR count). The Kier molecular flexibility index (Phi) is 10.1. The first-order chi connectivity index (χ1) is 16.6. The summed E-state index contributed by atoms with van der Waals surface area (Å²) in [4.78, 5) is 0. The summed E-state index contributed by atoms with van der Waals surface area (Å²) in [6, 6.07) is 8.75. The van der Waals surface area contributed by atoms with Crippen molar-refractivity contribution in [2.45, 2.75) is 131 Å². The zero-order chi connectivity index (χ0) is 27.4. The predicted octanol–water partition coefficient (Wildman–Crippen LogP) is 9.80. The van der Waals surface area contributed by atoms with Gasteiger partial charge in [0, 0.05) is 17.0 Å². The van der Waals surface area contributed by atoms with Crippen LogP contribution in [0.25, 0.3) is 0 Å². The molecule has 0 unspecified atom stereocenters. The van der Waals surface area contributed by atoms with Crippen molar-refractivity contribution in [3.63, 3.8) is 0 Å². The largest absolute Gasteiger partial charge is 0.507 e. The molecule has 0 atom stereocenters. The molecule has 0 spiro atoms. The van der Waals surface area contributed by atoms with Crippen molar-refractivity contribution in [1.29, 1.82) is 0 Å². The molecule has 0 aromatic heterocycles. The number of benzene rings is 2. The minimum absolute atomic E-state index is 0.0380. The molecular formula is C34H54O2. The molecule has 2 aromatic rings. The van der Waals surface area contributed by atoms with Crippen molar-refractivity contribution in [1.82, 2.24) is 0 Å². The van der Waals surface area contributed by atoms with Crippen molar-refractivity contribution < 1.29 is 10.2 Å². The maximum absolute atomic E-state index is 11.9. The van der Waals surface area contributed by atoms with Crippen LogP contribution in [-0.2, 0) is 23.7 Å². The maximum atomic E-state index is 11.9. The van der Waals surface area contributed by atoms with Gasteiger partial charge in [-0.1, -0.05) is 107 Å². The van der Waals surface area contributed by atoms with Crippen molar-refractivity contribution >= 4 is 0 Å². The number of rotatable bonds is 10. The van der Waals surface area contributed by atoms with E-state index < -0.39 is 0 Å². The number of hydrogen-bond donors (Lipinski definition) is 2. The molecule has 0 aliphatic rings. The van der Waals surface area contributed by atoms with E-state index in [2.05, 4.69) is 100 Å². The summed E-state index contributed by atoms with van der Waals surface area (Å²) in [5.74, 6) is 2.00. The second-order valence-corrected chi connectivity index (χ2v) is 13.8. The van der Waals surface area contributed by atoms with Gasteiger partial charge in [0.1, 0.15) is 11.5 Å². The summed E-state index contributed by atoms with van der Waals surface area (Å²) < 4.78 is 0. The SMILES string of the molecule is CCCC(c1c(CCC(C)C)ccc(C(C)(C)C)c1O)c1c(CCC(C)C)ccc(C(C)(C)C)c1O. The standard InChI is InChI=1S/C34H54O2/c1-12-13-26(29-24(16-14-22(2)3)18-20-27(31(29)35)33(6,7)8)30-25(17-15-23(4)5)19-21-28(32(30)36)34(9,10)11/h18-23,26,35-36H,12-17H2,1-11H3. The van der Waals surface area contributed by atoms with Crippen LogP contribution in [0.1, 0.15) is 141 Å². The predicted molar refractivity (Wildman–Crippen MR) is 157 cm³/mol. The third-order valence-electron chi connectivity index (χ3n) is 7.49. The third-order valence-corrected chi connectivity index (χ3v) is 7.49. The van der Waals surface area contributed by atoms with Crippen molar-refractivity contribution in [3.8, 4) is 11.5 Å². The molecule has 36 heavy (non-hydrogen) atoms. The number of phenolic OH excluding ortho intramolecular Hbond substituents is 2. The second kappa shape index (κ2) is 12.1. The second-order valence-electron chi connectivity index (χ2n) is 13.8. The summed E-state index contributed by atoms with van der Waals surface area (Å²) in [6.07, 6.45) is 5.91. The Labute approximate surface area is 222 Å². The molecule has 0 bridgehead atoms. The molecular weight excluding hydrogens is 440 g/mol. The van der Waals surface area contributed by atoms with Crippen LogP contribution in [0.15, 0.2) is 24.3 Å². The lowest BCUT2D eigenvalue weighted by molar-refractivity contribution is 0.422. The number of aromatic hydroxyl groups is 2. The highest BCUT2D eigenvalue weighted by Gasteiger charge is 2.32. The van der Waals surface area contributed by atoms with E-state index in [1.165, 1.54) is 11.1 Å². The van der Waals surface area contributed by atoms with E-state index in [4.69, 9.17) is 0 Å². The summed E-state index contributed by atoms with van der Waals surface area (Å²) >= 11 is 0. The Morgan fingerprint density at radius 3 is 1.25 bits per heavy atom. The van der Waals surface area contributed by atoms with Crippen LogP contribution in [0.4, 0.5) is 0 Å². The van der Waals surface area contributed by atoms with Gasteiger partial charge < -0.3 is 10.2 Å². The molecule has 0 saturated carbocycles. The topological polar surface area (TPSA) is 40.5 Å². The molecule has 0 aliphatic carbocycles. The van der Waals surface area contributed by atoms with E-state index in [1.54, 1.807) is 0 Å². The number of phenols is 2. The van der Waals surface area contributed by atoms with Crippen LogP contribution in [0.3, 0.4) is 0 Å². The van der Waals surface area contributed by atoms with Crippen molar-refractivity contribution in [2.75, 3.05) is 0 Å². The van der Waals surface area contributed by atoms with E-state index in [0.717, 1.165) is 60.8 Å². The monoisotopic (exact) mass is 494 g/mol. The fraction of sp³-hybridized carbons (Fsp3) is 0.647. The van der Waals surface area contributed by atoms with E-state index in [-0.39, 0.29) is 16.7 Å². The molecule has 202 valence electrons. The van der Waals surface area contributed by atoms with Gasteiger partial charge in [-0.2, -0.15) is 0 Å². The molecule has 0 radical (unpaired) electrons. The van der Waals surface area contributed by atoms with Gasteiger partial charge >= 0.3 is 0 Å². The quantitative estimate of drug-likeness (QED) is 0.345. The lowest BCUT2D eigenvalue weighted by atomic mass is 9.74. The van der Waals surface area contributed by atoms with E-state index >= 15 is 0 Å². The van der Waals surface area contributed by atoms with E-state index in [0.29, 0.717) is 23.3 Å². The molecule has 2 heteroatoms. The zero-order valence-corrected chi connectivity index (χ0v) is 25.2. The molecule has 2 nitrogen and oxygen atoms in total. The van der Waals surface area contributed by atoms with Crippen molar-refractivity contribution in [3.05, 3.63) is 57.6 Å². The highest BCUT2D eigenvalue weighted by atomic mass is 16.3. The van der Waals surface area contributed by atoms with E-state index in [9.17, 15) is 10.2 Å². The molecule has 0 amide bonds. The molecule has 0 saturated heterocycles. The fourth-order valence-electron chi connectivity index (χ4n) is 5.33. The first-order valence-corrected chi connectivity index (χ1v) is 14.3. The smallest absolute Gasteiger partial charge is 0.123 e. The highest BCUT2D eigenvalue weighted by Crippen LogP contribution is 2.48. The van der Waals surface area contributed by atoms with Gasteiger partial charge in [0.25, 0.3) is 0 Å². The Morgan fingerprint density at radius 1 is 0.611 bits per heavy atom. The third kappa shape index (κ3) is 7.30. The number of hydrogen-bond acceptors (Lipinski definition) is 2. The van der Waals surface area contributed by atoms with Crippen LogP contribution in [0.5, 0.6) is 11.5 Å². The van der Waals surface area contributed by atoms with Crippen molar-refractivity contribution in [2.24, 2.45) is 11.8 Å². The lowest BCUT2D eigenvalue weighted by Gasteiger charge is -2.31. The molecule has 0 heterocycles. The minimum Gasteiger partial charge on any atom is -0.507 e. The van der Waals surface area contributed by atoms with Crippen LogP contribution < -0.4 is 0 Å². The zero-order valence-electron chi connectivity index (χ0n) is 25.2. The Hall–Kier alpha value is -1.96. The van der Waals surface area contributed by atoms with Crippen LogP contribution in [0.2, 0.25) is 0 Å². The summed E-state index contributed by atoms with van der Waals surface area (Å²) in [5.41, 5.74) is 6.17. The Balaban J connectivity index is 2.92. The van der Waals surface area contributed by atoms with Gasteiger partial charge in [0.05, 0.1) is 0 Å². The van der Waals surface area contributed by atoms with Crippen LogP contribution in [0, 0.1) is 11.8 Å². The Morgan fingerprint density at radius 2 is 0.972 bits per heavy atom. The molecule has 0 aliphatic heterocycles. The summed E-state index contributed by atoms with van der Waals surface area (Å²) in [6.45, 7) is 24.3. The highest BCUT2D eigenvalue weighted by molar-refractivity contribution is 5.58. The fourth-order valence-corrected chi connectivity index (χ4v) is 5.33. The van der Waals surface area contributed by atoms with Gasteiger partial charge in [-0.3, -0.25) is 0 Å². The average molecular weight is 495 g/mol. The average Bonchev–Trinajstić information content (AvgIpc) is 2.73. The van der Waals surface area contributed by atoms with Gasteiger partial charge in [-0.05, 0) is 77.0 Å². The summed E-state index contributed by atoms with van der Waals surface area (Å²) in [5, 5.41) is 23.8. The van der Waals surface area contributed by atoms with Crippen LogP contribution in [-0.4, -0.2) is 10.2 Å². The van der Waals surface area contributed by atoms with Gasteiger partial charge in [-0.15, -0.1) is 0 Å².